The molecule has 1 saturated carbocycles. The van der Waals surface area contributed by atoms with Crippen LogP contribution in [-0.4, -0.2) is 25.0 Å². The van der Waals surface area contributed by atoms with Gasteiger partial charge in [-0.2, -0.15) is 0 Å². The molecule has 0 aromatic heterocycles. The molecule has 1 aliphatic carbocycles. The number of nitrogens with zero attached hydrogens (tertiary/aromatic N) is 1. The van der Waals surface area contributed by atoms with Gasteiger partial charge in [-0.15, -0.1) is 0 Å². The highest BCUT2D eigenvalue weighted by Crippen LogP contribution is 2.49. The smallest absolute Gasteiger partial charge is 0.0476 e. The van der Waals surface area contributed by atoms with Gasteiger partial charge in [0.05, 0.1) is 0 Å². The van der Waals surface area contributed by atoms with Gasteiger partial charge in [0.15, 0.2) is 0 Å². The van der Waals surface area contributed by atoms with Gasteiger partial charge < -0.3 is 4.90 Å². The van der Waals surface area contributed by atoms with Crippen molar-refractivity contribution in [3.63, 3.8) is 0 Å². The lowest BCUT2D eigenvalue weighted by Crippen LogP contribution is -2.52. The lowest BCUT2D eigenvalue weighted by molar-refractivity contribution is 0.0808. The van der Waals surface area contributed by atoms with Crippen molar-refractivity contribution in [3.8, 4) is 0 Å². The van der Waals surface area contributed by atoms with Crippen LogP contribution < -0.4 is 0 Å². The summed E-state index contributed by atoms with van der Waals surface area (Å²) >= 11 is 6.03. The first kappa shape index (κ1) is 13.5. The Balaban J connectivity index is 2.44. The minimum Gasteiger partial charge on any atom is -0.306 e. The summed E-state index contributed by atoms with van der Waals surface area (Å²) in [6, 6.07) is 7.61. The average Bonchev–Trinajstić information content (AvgIpc) is 2.28. The summed E-state index contributed by atoms with van der Waals surface area (Å²) in [5, 5.41) is 0.771. The zero-order valence-electron chi connectivity index (χ0n) is 13.5. The summed E-state index contributed by atoms with van der Waals surface area (Å²) in [5.41, 5.74) is 1.23. The number of likely N-dealkylation sites (N-methyl/N-ethyl adjacent to an activating group) is 1. The standard InChI is InChI=1S/C17H26ClN/c1-13(2)12-16(19(3)4)17(10-5-11-17)14-6-8-15(18)9-7-14/h6-9,13,16H,5,10-12H2,1-4H3/i16D. The number of benzene rings is 1. The average molecular weight is 281 g/mol. The van der Waals surface area contributed by atoms with Crippen LogP contribution in [-0.2, 0) is 5.41 Å². The molecule has 1 nitrogen and oxygen atoms in total. The Bertz CT molecular complexity index is 451. The van der Waals surface area contributed by atoms with Gasteiger partial charge in [0, 0.05) is 17.8 Å². The molecule has 0 aliphatic heterocycles. The van der Waals surface area contributed by atoms with E-state index in [0.29, 0.717) is 5.92 Å². The molecule has 106 valence electrons. The van der Waals surface area contributed by atoms with E-state index in [1.54, 1.807) is 0 Å². The van der Waals surface area contributed by atoms with Crippen molar-refractivity contribution in [2.24, 2.45) is 5.92 Å². The third kappa shape index (κ3) is 2.98. The second-order valence-electron chi connectivity index (χ2n) is 6.38. The Hall–Kier alpha value is -0.530. The van der Waals surface area contributed by atoms with Gasteiger partial charge in [-0.05, 0) is 57.0 Å². The summed E-state index contributed by atoms with van der Waals surface area (Å²) in [5.74, 6) is 0.514. The lowest BCUT2D eigenvalue weighted by atomic mass is 9.58. The molecular weight excluding hydrogens is 254 g/mol. The van der Waals surface area contributed by atoms with Crippen LogP contribution >= 0.6 is 11.6 Å². The predicted molar refractivity (Wildman–Crippen MR) is 83.9 cm³/mol. The van der Waals surface area contributed by atoms with E-state index in [9.17, 15) is 1.37 Å². The first-order valence-corrected chi connectivity index (χ1v) is 7.63. The Labute approximate surface area is 124 Å². The zero-order chi connectivity index (χ0) is 15.0. The molecule has 0 heterocycles. The number of rotatable bonds is 5. The topological polar surface area (TPSA) is 3.24 Å². The minimum absolute atomic E-state index is 0.0502. The van der Waals surface area contributed by atoms with Crippen molar-refractivity contribution in [2.75, 3.05) is 14.1 Å². The molecule has 0 spiro atoms. The van der Waals surface area contributed by atoms with Crippen molar-refractivity contribution in [1.82, 2.24) is 4.90 Å². The lowest BCUT2D eigenvalue weighted by Gasteiger charge is -2.51. The third-order valence-electron chi connectivity index (χ3n) is 4.30. The maximum absolute atomic E-state index is 9.19. The highest BCUT2D eigenvalue weighted by atomic mass is 35.5. The number of hydrogen-bond acceptors (Lipinski definition) is 1. The normalized spacial score (nSPS) is 21.9. The molecule has 1 aromatic carbocycles. The molecule has 0 radical (unpaired) electrons. The molecular formula is C17H26ClN. The van der Waals surface area contributed by atoms with Crippen molar-refractivity contribution in [2.45, 2.75) is 51.0 Å². The molecule has 0 bridgehead atoms. The van der Waals surface area contributed by atoms with Crippen LogP contribution in [0.5, 0.6) is 0 Å². The molecule has 0 N–H and O–H groups in total. The van der Waals surface area contributed by atoms with Crippen molar-refractivity contribution < 1.29 is 1.37 Å². The van der Waals surface area contributed by atoms with Gasteiger partial charge in [0.1, 0.15) is 0 Å². The van der Waals surface area contributed by atoms with Crippen LogP contribution in [0.15, 0.2) is 24.3 Å². The van der Waals surface area contributed by atoms with Crippen LogP contribution in [0.2, 0.25) is 5.02 Å². The van der Waals surface area contributed by atoms with Crippen molar-refractivity contribution in [3.05, 3.63) is 34.9 Å². The minimum atomic E-state index is -0.548. The van der Waals surface area contributed by atoms with Gasteiger partial charge in [-0.3, -0.25) is 0 Å². The van der Waals surface area contributed by atoms with Gasteiger partial charge in [-0.1, -0.05) is 44.0 Å². The Morgan fingerprint density at radius 3 is 2.21 bits per heavy atom. The molecule has 0 amide bonds. The number of halogens is 1. The second-order valence-corrected chi connectivity index (χ2v) is 6.82. The Morgan fingerprint density at radius 2 is 1.84 bits per heavy atom. The third-order valence-corrected chi connectivity index (χ3v) is 4.55. The summed E-state index contributed by atoms with van der Waals surface area (Å²) < 4.78 is 9.19. The molecule has 1 fully saturated rings. The molecule has 2 heteroatoms. The Morgan fingerprint density at radius 1 is 1.26 bits per heavy atom. The quantitative estimate of drug-likeness (QED) is 0.753. The van der Waals surface area contributed by atoms with E-state index < -0.39 is 6.02 Å². The fraction of sp³-hybridized carbons (Fsp3) is 0.647. The largest absolute Gasteiger partial charge is 0.306 e. The van der Waals surface area contributed by atoms with E-state index >= 15 is 0 Å². The molecule has 2 rings (SSSR count). The van der Waals surface area contributed by atoms with Gasteiger partial charge in [0.2, 0.25) is 0 Å². The highest BCUT2D eigenvalue weighted by Gasteiger charge is 2.46. The SMILES string of the molecule is [2H]C(CC(C)C)(N(C)C)C1(c2ccc(Cl)cc2)CCC1. The van der Waals surface area contributed by atoms with E-state index in [1.165, 1.54) is 12.0 Å². The molecule has 1 aliphatic rings. The predicted octanol–water partition coefficient (Wildman–Crippen LogP) is 4.74. The monoisotopic (exact) mass is 280 g/mol. The molecule has 0 saturated heterocycles. The molecule has 19 heavy (non-hydrogen) atoms. The zero-order valence-corrected chi connectivity index (χ0v) is 13.3. The van der Waals surface area contributed by atoms with E-state index in [1.807, 2.05) is 26.2 Å². The van der Waals surface area contributed by atoms with Crippen LogP contribution in [0.1, 0.15) is 46.5 Å². The van der Waals surface area contributed by atoms with Gasteiger partial charge >= 0.3 is 0 Å². The first-order chi connectivity index (χ1) is 9.32. The second kappa shape index (κ2) is 5.85. The summed E-state index contributed by atoms with van der Waals surface area (Å²) in [6.45, 7) is 4.42. The fourth-order valence-electron chi connectivity index (χ4n) is 3.24. The van der Waals surface area contributed by atoms with Crippen LogP contribution in [0.4, 0.5) is 0 Å². The van der Waals surface area contributed by atoms with E-state index in [4.69, 9.17) is 11.6 Å². The van der Waals surface area contributed by atoms with Gasteiger partial charge in [0.25, 0.3) is 0 Å². The summed E-state index contributed by atoms with van der Waals surface area (Å²) in [6.07, 6.45) is 4.31. The maximum atomic E-state index is 9.19. The maximum Gasteiger partial charge on any atom is 0.0476 e. The first-order valence-electron chi connectivity index (χ1n) is 7.75. The van der Waals surface area contributed by atoms with Gasteiger partial charge in [-0.25, -0.2) is 0 Å². The molecule has 1 aromatic rings. The molecule has 1 atom stereocenters. The van der Waals surface area contributed by atoms with Crippen molar-refractivity contribution in [1.29, 1.82) is 0 Å². The van der Waals surface area contributed by atoms with E-state index in [2.05, 4.69) is 30.9 Å². The van der Waals surface area contributed by atoms with Crippen molar-refractivity contribution >= 4 is 11.6 Å². The van der Waals surface area contributed by atoms with Crippen LogP contribution in [0, 0.1) is 5.92 Å². The number of hydrogen-bond donors (Lipinski definition) is 0. The van der Waals surface area contributed by atoms with Crippen LogP contribution in [0.25, 0.3) is 0 Å². The molecule has 1 unspecified atom stereocenters. The fourth-order valence-corrected chi connectivity index (χ4v) is 3.36. The summed E-state index contributed by atoms with van der Waals surface area (Å²) in [4.78, 5) is 2.11. The van der Waals surface area contributed by atoms with E-state index in [-0.39, 0.29) is 5.41 Å². The Kier molecular flexibility index (Phi) is 4.14. The highest BCUT2D eigenvalue weighted by molar-refractivity contribution is 6.30. The van der Waals surface area contributed by atoms with Crippen LogP contribution in [0.3, 0.4) is 0 Å². The van der Waals surface area contributed by atoms with E-state index in [0.717, 1.165) is 24.3 Å². The summed E-state index contributed by atoms with van der Waals surface area (Å²) in [7, 11) is 4.09.